The molecule has 9 heteroatoms. The maximum atomic E-state index is 13.6. The number of benzene rings is 1. The van der Waals surface area contributed by atoms with Crippen LogP contribution in [0.3, 0.4) is 0 Å². The smallest absolute Gasteiger partial charge is 0.422 e. The van der Waals surface area contributed by atoms with Crippen LogP contribution in [0.4, 0.5) is 9.18 Å². The number of halogens is 1. The third-order valence-corrected chi connectivity index (χ3v) is 3.33. The zero-order chi connectivity index (χ0) is 16.0. The number of hydrogen-bond donors (Lipinski definition) is 3. The molecule has 0 radical (unpaired) electrons. The normalized spacial score (nSPS) is 11.5. The zero-order valence-electron chi connectivity index (χ0n) is 11.7. The molecule has 1 rings (SSSR count). The van der Waals surface area contributed by atoms with Gasteiger partial charge in [-0.05, 0) is 25.5 Å². The van der Waals surface area contributed by atoms with Crippen molar-refractivity contribution in [2.45, 2.75) is 33.0 Å². The summed E-state index contributed by atoms with van der Waals surface area (Å²) in [6.07, 6.45) is -1.56. The number of amides is 1. The fourth-order valence-corrected chi connectivity index (χ4v) is 2.10. The van der Waals surface area contributed by atoms with Crippen LogP contribution in [0.5, 0.6) is 0 Å². The Bertz CT molecular complexity index is 605. The standard InChI is InChI=1S/C12H18FN3O4S/c1-8(2)20-12(17)16-21(18,19)15-7-10-4-3-9(6-14)5-11(10)13/h3-5,8,15H,6-7,14H2,1-2H3,(H,16,17). The van der Waals surface area contributed by atoms with Crippen molar-refractivity contribution < 1.29 is 22.3 Å². The first kappa shape index (κ1) is 17.3. The molecule has 21 heavy (non-hydrogen) atoms. The maximum absolute atomic E-state index is 13.6. The van der Waals surface area contributed by atoms with Crippen molar-refractivity contribution in [2.24, 2.45) is 5.73 Å². The van der Waals surface area contributed by atoms with Gasteiger partial charge in [-0.15, -0.1) is 0 Å². The number of carbonyl (C=O) groups excluding carboxylic acids is 1. The molecule has 1 amide bonds. The van der Waals surface area contributed by atoms with Crippen molar-refractivity contribution in [3.63, 3.8) is 0 Å². The summed E-state index contributed by atoms with van der Waals surface area (Å²) in [4.78, 5) is 11.2. The molecule has 0 bridgehead atoms. The summed E-state index contributed by atoms with van der Waals surface area (Å²) < 4.78 is 45.1. The van der Waals surface area contributed by atoms with Crippen LogP contribution < -0.4 is 15.2 Å². The predicted octanol–water partition coefficient (Wildman–Crippen LogP) is 0.753. The van der Waals surface area contributed by atoms with Gasteiger partial charge in [0.2, 0.25) is 0 Å². The highest BCUT2D eigenvalue weighted by Gasteiger charge is 2.16. The molecular formula is C12H18FN3O4S. The van der Waals surface area contributed by atoms with E-state index in [4.69, 9.17) is 5.73 Å². The van der Waals surface area contributed by atoms with Crippen LogP contribution in [0, 0.1) is 5.82 Å². The van der Waals surface area contributed by atoms with Crippen molar-refractivity contribution in [1.82, 2.24) is 9.44 Å². The molecule has 0 aliphatic carbocycles. The SMILES string of the molecule is CC(C)OC(=O)NS(=O)(=O)NCc1ccc(CN)cc1F. The number of rotatable bonds is 6. The van der Waals surface area contributed by atoms with Gasteiger partial charge in [0.05, 0.1) is 6.10 Å². The summed E-state index contributed by atoms with van der Waals surface area (Å²) in [5, 5.41) is 0. The third kappa shape index (κ3) is 6.06. The van der Waals surface area contributed by atoms with Crippen LogP contribution in [0.15, 0.2) is 18.2 Å². The van der Waals surface area contributed by atoms with Gasteiger partial charge in [0.25, 0.3) is 0 Å². The highest BCUT2D eigenvalue weighted by atomic mass is 32.2. The topological polar surface area (TPSA) is 111 Å². The molecule has 0 unspecified atom stereocenters. The minimum absolute atomic E-state index is 0.134. The van der Waals surface area contributed by atoms with Crippen LogP contribution in [-0.4, -0.2) is 20.6 Å². The Kier molecular flexibility index (Phi) is 6.06. The van der Waals surface area contributed by atoms with E-state index in [0.717, 1.165) is 0 Å². The lowest BCUT2D eigenvalue weighted by Crippen LogP contribution is -2.41. The Morgan fingerprint density at radius 3 is 2.62 bits per heavy atom. The van der Waals surface area contributed by atoms with Gasteiger partial charge in [0.1, 0.15) is 5.82 Å². The Morgan fingerprint density at radius 2 is 2.10 bits per heavy atom. The van der Waals surface area contributed by atoms with Crippen LogP contribution in [-0.2, 0) is 28.0 Å². The number of ether oxygens (including phenoxy) is 1. The Hall–Kier alpha value is -1.71. The molecule has 0 aromatic heterocycles. The van der Waals surface area contributed by atoms with E-state index < -0.39 is 28.2 Å². The van der Waals surface area contributed by atoms with Gasteiger partial charge in [0.15, 0.2) is 0 Å². The summed E-state index contributed by atoms with van der Waals surface area (Å²) in [6.45, 7) is 3.04. The molecular weight excluding hydrogens is 301 g/mol. The summed E-state index contributed by atoms with van der Waals surface area (Å²) in [7, 11) is -4.12. The quantitative estimate of drug-likeness (QED) is 0.717. The Morgan fingerprint density at radius 1 is 1.43 bits per heavy atom. The molecule has 4 N–H and O–H groups in total. The van der Waals surface area contributed by atoms with E-state index in [9.17, 15) is 17.6 Å². The predicted molar refractivity (Wildman–Crippen MR) is 74.8 cm³/mol. The number of nitrogens with two attached hydrogens (primary N) is 1. The lowest BCUT2D eigenvalue weighted by Gasteiger charge is -2.11. The molecule has 0 fully saturated rings. The van der Waals surface area contributed by atoms with E-state index in [2.05, 4.69) is 4.74 Å². The van der Waals surface area contributed by atoms with Crippen molar-refractivity contribution in [2.75, 3.05) is 0 Å². The summed E-state index contributed by atoms with van der Waals surface area (Å²) >= 11 is 0. The monoisotopic (exact) mass is 319 g/mol. The maximum Gasteiger partial charge on any atom is 0.422 e. The van der Waals surface area contributed by atoms with E-state index in [1.165, 1.54) is 12.1 Å². The first-order valence-electron chi connectivity index (χ1n) is 6.19. The highest BCUT2D eigenvalue weighted by molar-refractivity contribution is 7.88. The van der Waals surface area contributed by atoms with Crippen LogP contribution in [0.1, 0.15) is 25.0 Å². The first-order chi connectivity index (χ1) is 9.73. The van der Waals surface area contributed by atoms with Gasteiger partial charge < -0.3 is 10.5 Å². The molecule has 0 saturated carbocycles. The molecule has 1 aromatic carbocycles. The average molecular weight is 319 g/mol. The summed E-state index contributed by atoms with van der Waals surface area (Å²) in [5.41, 5.74) is 6.10. The fraction of sp³-hybridized carbons (Fsp3) is 0.417. The Labute approximate surface area is 122 Å². The lowest BCUT2D eigenvalue weighted by atomic mass is 10.1. The van der Waals surface area contributed by atoms with Crippen LogP contribution in [0.25, 0.3) is 0 Å². The van der Waals surface area contributed by atoms with Gasteiger partial charge in [-0.25, -0.2) is 13.9 Å². The van der Waals surface area contributed by atoms with E-state index in [-0.39, 0.29) is 18.7 Å². The molecule has 0 heterocycles. The molecule has 7 nitrogen and oxygen atoms in total. The third-order valence-electron chi connectivity index (χ3n) is 2.37. The van der Waals surface area contributed by atoms with E-state index in [1.807, 2.05) is 4.72 Å². The fourth-order valence-electron chi connectivity index (χ4n) is 1.42. The van der Waals surface area contributed by atoms with E-state index >= 15 is 0 Å². The second-order valence-corrected chi connectivity index (χ2v) is 6.01. The summed E-state index contributed by atoms with van der Waals surface area (Å²) in [6, 6.07) is 4.24. The molecule has 0 aliphatic heterocycles. The van der Waals surface area contributed by atoms with Gasteiger partial charge in [-0.3, -0.25) is 0 Å². The number of carbonyl (C=O) groups is 1. The van der Waals surface area contributed by atoms with Gasteiger partial charge in [-0.1, -0.05) is 12.1 Å². The number of nitrogens with one attached hydrogen (secondary N) is 2. The molecule has 0 atom stereocenters. The molecule has 0 aliphatic rings. The zero-order valence-corrected chi connectivity index (χ0v) is 12.5. The first-order valence-corrected chi connectivity index (χ1v) is 7.67. The minimum atomic E-state index is -4.12. The Balaban J connectivity index is 2.63. The van der Waals surface area contributed by atoms with Crippen LogP contribution >= 0.6 is 0 Å². The molecule has 118 valence electrons. The van der Waals surface area contributed by atoms with E-state index in [1.54, 1.807) is 24.6 Å². The minimum Gasteiger partial charge on any atom is -0.446 e. The van der Waals surface area contributed by atoms with E-state index in [0.29, 0.717) is 5.56 Å². The van der Waals surface area contributed by atoms with Crippen molar-refractivity contribution in [3.05, 3.63) is 35.1 Å². The average Bonchev–Trinajstić information content (AvgIpc) is 2.35. The highest BCUT2D eigenvalue weighted by Crippen LogP contribution is 2.10. The second kappa shape index (κ2) is 7.34. The second-order valence-electron chi connectivity index (χ2n) is 4.51. The van der Waals surface area contributed by atoms with Crippen molar-refractivity contribution in [1.29, 1.82) is 0 Å². The molecule has 0 spiro atoms. The van der Waals surface area contributed by atoms with Crippen molar-refractivity contribution in [3.8, 4) is 0 Å². The number of hydrogen-bond acceptors (Lipinski definition) is 5. The van der Waals surface area contributed by atoms with Crippen molar-refractivity contribution >= 4 is 16.3 Å². The van der Waals surface area contributed by atoms with Gasteiger partial charge in [-0.2, -0.15) is 13.1 Å². The van der Waals surface area contributed by atoms with Crippen LogP contribution in [0.2, 0.25) is 0 Å². The summed E-state index contributed by atoms with van der Waals surface area (Å²) in [5.74, 6) is -0.578. The van der Waals surface area contributed by atoms with Gasteiger partial charge >= 0.3 is 16.3 Å². The largest absolute Gasteiger partial charge is 0.446 e. The molecule has 0 saturated heterocycles. The molecule has 1 aromatic rings. The lowest BCUT2D eigenvalue weighted by molar-refractivity contribution is 0.121. The van der Waals surface area contributed by atoms with Gasteiger partial charge in [0, 0.05) is 18.7 Å².